The Labute approximate surface area is 173 Å². The monoisotopic (exact) mass is 431 g/mol. The Bertz CT molecular complexity index is 1110. The molecule has 0 bridgehead atoms. The molecule has 0 unspecified atom stereocenters. The maximum atomic E-state index is 12.4. The maximum Gasteiger partial charge on any atom is 0.322 e. The van der Waals surface area contributed by atoms with Gasteiger partial charge in [0.15, 0.2) is 9.84 Å². The Morgan fingerprint density at radius 3 is 2.52 bits per heavy atom. The van der Waals surface area contributed by atoms with Crippen molar-refractivity contribution in [3.63, 3.8) is 0 Å². The van der Waals surface area contributed by atoms with Crippen molar-refractivity contribution in [2.45, 2.75) is 35.8 Å². The van der Waals surface area contributed by atoms with Crippen LogP contribution in [0, 0.1) is 0 Å². The van der Waals surface area contributed by atoms with Crippen LogP contribution in [-0.4, -0.2) is 35.5 Å². The zero-order valence-corrected chi connectivity index (χ0v) is 17.9. The zero-order chi connectivity index (χ0) is 21.0. The fourth-order valence-corrected chi connectivity index (χ4v) is 4.27. The van der Waals surface area contributed by atoms with Gasteiger partial charge in [0.1, 0.15) is 0 Å². The minimum absolute atomic E-state index is 0.0610. The quantitative estimate of drug-likeness (QED) is 0.557. The topological polar surface area (TPSA) is 102 Å². The van der Waals surface area contributed by atoms with Crippen LogP contribution in [0.3, 0.4) is 0 Å². The predicted molar refractivity (Wildman–Crippen MR) is 113 cm³/mol. The van der Waals surface area contributed by atoms with Crippen LogP contribution in [0.4, 0.5) is 6.01 Å². The van der Waals surface area contributed by atoms with Gasteiger partial charge in [-0.2, -0.15) is 0 Å². The van der Waals surface area contributed by atoms with Gasteiger partial charge in [0.2, 0.25) is 5.89 Å². The largest absolute Gasteiger partial charge is 0.403 e. The van der Waals surface area contributed by atoms with Crippen molar-refractivity contribution in [1.29, 1.82) is 0 Å². The van der Waals surface area contributed by atoms with Crippen molar-refractivity contribution in [1.82, 2.24) is 10.2 Å². The third kappa shape index (κ3) is 4.86. The molecule has 1 N–H and O–H groups in total. The number of aromatic nitrogens is 2. The zero-order valence-electron chi connectivity index (χ0n) is 16.2. The number of anilines is 1. The SMILES string of the molecule is CCSc1ccc(C(=O)Nc2nnc(-c3cccc(S(=O)(=O)C(C)C)c3)o2)cc1. The minimum Gasteiger partial charge on any atom is -0.403 e. The smallest absolute Gasteiger partial charge is 0.322 e. The minimum atomic E-state index is -3.42. The van der Waals surface area contributed by atoms with Gasteiger partial charge >= 0.3 is 6.01 Å². The fraction of sp³-hybridized carbons (Fsp3) is 0.250. The number of sulfone groups is 1. The summed E-state index contributed by atoms with van der Waals surface area (Å²) in [6.45, 7) is 5.30. The van der Waals surface area contributed by atoms with Crippen molar-refractivity contribution in [2.24, 2.45) is 0 Å². The number of hydrogen-bond donors (Lipinski definition) is 1. The molecule has 0 spiro atoms. The lowest BCUT2D eigenvalue weighted by molar-refractivity contribution is 0.102. The summed E-state index contributed by atoms with van der Waals surface area (Å²) in [7, 11) is -3.42. The number of nitrogens with zero attached hydrogens (tertiary/aromatic N) is 2. The molecule has 152 valence electrons. The molecule has 7 nitrogen and oxygen atoms in total. The highest BCUT2D eigenvalue weighted by Crippen LogP contribution is 2.25. The molecule has 29 heavy (non-hydrogen) atoms. The van der Waals surface area contributed by atoms with Gasteiger partial charge in [-0.25, -0.2) is 8.42 Å². The second kappa shape index (κ2) is 8.79. The summed E-state index contributed by atoms with van der Waals surface area (Å²) < 4.78 is 30.2. The van der Waals surface area contributed by atoms with E-state index in [0.717, 1.165) is 10.6 Å². The number of benzene rings is 2. The first kappa shape index (κ1) is 21.1. The molecular weight excluding hydrogens is 410 g/mol. The Hall–Kier alpha value is -2.65. The van der Waals surface area contributed by atoms with Gasteiger partial charge in [0.05, 0.1) is 10.1 Å². The van der Waals surface area contributed by atoms with E-state index in [1.807, 2.05) is 12.1 Å². The molecule has 0 atom stereocenters. The van der Waals surface area contributed by atoms with Crippen LogP contribution in [0.25, 0.3) is 11.5 Å². The molecule has 0 saturated carbocycles. The predicted octanol–water partition coefficient (Wildman–Crippen LogP) is 4.28. The summed E-state index contributed by atoms with van der Waals surface area (Å²) in [5.41, 5.74) is 0.927. The van der Waals surface area contributed by atoms with E-state index in [-0.39, 0.29) is 22.7 Å². The molecule has 2 aromatic carbocycles. The van der Waals surface area contributed by atoms with Crippen LogP contribution in [-0.2, 0) is 9.84 Å². The molecule has 0 aliphatic heterocycles. The van der Waals surface area contributed by atoms with E-state index >= 15 is 0 Å². The lowest BCUT2D eigenvalue weighted by Crippen LogP contribution is -2.13. The van der Waals surface area contributed by atoms with Crippen molar-refractivity contribution in [3.05, 3.63) is 54.1 Å². The van der Waals surface area contributed by atoms with Crippen LogP contribution in [0.1, 0.15) is 31.1 Å². The highest BCUT2D eigenvalue weighted by molar-refractivity contribution is 7.99. The van der Waals surface area contributed by atoms with Gasteiger partial charge < -0.3 is 4.42 Å². The molecular formula is C20H21N3O4S2. The lowest BCUT2D eigenvalue weighted by atomic mass is 10.2. The highest BCUT2D eigenvalue weighted by Gasteiger charge is 2.20. The Morgan fingerprint density at radius 2 is 1.86 bits per heavy atom. The summed E-state index contributed by atoms with van der Waals surface area (Å²) in [5.74, 6) is 0.705. The summed E-state index contributed by atoms with van der Waals surface area (Å²) in [6.07, 6.45) is 0. The number of thioether (sulfide) groups is 1. The molecule has 0 fully saturated rings. The van der Waals surface area contributed by atoms with Crippen LogP contribution in [0.5, 0.6) is 0 Å². The molecule has 0 radical (unpaired) electrons. The van der Waals surface area contributed by atoms with Crippen LogP contribution in [0.15, 0.2) is 62.7 Å². The summed E-state index contributed by atoms with van der Waals surface area (Å²) in [4.78, 5) is 13.6. The molecule has 3 rings (SSSR count). The van der Waals surface area contributed by atoms with E-state index in [1.165, 1.54) is 12.1 Å². The molecule has 0 saturated heterocycles. The van der Waals surface area contributed by atoms with Crippen molar-refractivity contribution in [3.8, 4) is 11.5 Å². The molecule has 1 amide bonds. The van der Waals surface area contributed by atoms with E-state index < -0.39 is 15.1 Å². The van der Waals surface area contributed by atoms with Gasteiger partial charge in [-0.1, -0.05) is 18.1 Å². The van der Waals surface area contributed by atoms with Crippen molar-refractivity contribution < 1.29 is 17.6 Å². The highest BCUT2D eigenvalue weighted by atomic mass is 32.2. The number of rotatable bonds is 7. The third-order valence-electron chi connectivity index (χ3n) is 4.10. The van der Waals surface area contributed by atoms with E-state index in [1.54, 1.807) is 49.9 Å². The van der Waals surface area contributed by atoms with E-state index in [0.29, 0.717) is 11.1 Å². The number of carbonyl (C=O) groups excluding carboxylic acids is 1. The lowest BCUT2D eigenvalue weighted by Gasteiger charge is -2.08. The number of carbonyl (C=O) groups is 1. The van der Waals surface area contributed by atoms with E-state index in [4.69, 9.17) is 4.42 Å². The average molecular weight is 432 g/mol. The molecule has 1 heterocycles. The first-order valence-corrected chi connectivity index (χ1v) is 11.6. The van der Waals surface area contributed by atoms with Crippen molar-refractivity contribution in [2.75, 3.05) is 11.1 Å². The van der Waals surface area contributed by atoms with Gasteiger partial charge in [-0.15, -0.1) is 16.9 Å². The molecule has 0 aliphatic rings. The van der Waals surface area contributed by atoms with Gasteiger partial charge in [-0.05, 0) is 62.1 Å². The molecule has 3 aromatic rings. The van der Waals surface area contributed by atoms with Gasteiger partial charge in [0.25, 0.3) is 5.91 Å². The number of hydrogen-bond acceptors (Lipinski definition) is 7. The normalized spacial score (nSPS) is 11.6. The average Bonchev–Trinajstić information content (AvgIpc) is 3.17. The van der Waals surface area contributed by atoms with Crippen LogP contribution >= 0.6 is 11.8 Å². The summed E-state index contributed by atoms with van der Waals surface area (Å²) in [6, 6.07) is 13.4. The van der Waals surface area contributed by atoms with Crippen LogP contribution in [0.2, 0.25) is 0 Å². The first-order chi connectivity index (χ1) is 13.8. The summed E-state index contributed by atoms with van der Waals surface area (Å²) >= 11 is 1.69. The number of amides is 1. The first-order valence-electron chi connectivity index (χ1n) is 9.03. The molecule has 0 aliphatic carbocycles. The summed E-state index contributed by atoms with van der Waals surface area (Å²) in [5, 5.41) is 9.75. The van der Waals surface area contributed by atoms with Gasteiger partial charge in [-0.3, -0.25) is 10.1 Å². The fourth-order valence-electron chi connectivity index (χ4n) is 2.51. The van der Waals surface area contributed by atoms with Gasteiger partial charge in [0, 0.05) is 16.0 Å². The molecule has 1 aromatic heterocycles. The standard InChI is InChI=1S/C20H21N3O4S2/c1-4-28-16-10-8-14(9-11-16)18(24)21-20-23-22-19(27-20)15-6-5-7-17(12-15)29(25,26)13(2)3/h5-13H,4H2,1-3H3,(H,21,23,24). The Morgan fingerprint density at radius 1 is 1.14 bits per heavy atom. The second-order valence-corrected chi connectivity index (χ2v) is 10.3. The van der Waals surface area contributed by atoms with Crippen LogP contribution < -0.4 is 5.32 Å². The Kier molecular flexibility index (Phi) is 6.39. The second-order valence-electron chi connectivity index (χ2n) is 6.45. The Balaban J connectivity index is 1.76. The maximum absolute atomic E-state index is 12.4. The molecule has 9 heteroatoms. The number of nitrogens with one attached hydrogen (secondary N) is 1. The van der Waals surface area contributed by atoms with E-state index in [2.05, 4.69) is 22.4 Å². The third-order valence-corrected chi connectivity index (χ3v) is 7.15. The van der Waals surface area contributed by atoms with Crippen molar-refractivity contribution >= 4 is 33.5 Å². The van der Waals surface area contributed by atoms with E-state index in [9.17, 15) is 13.2 Å².